The fourth-order valence-corrected chi connectivity index (χ4v) is 1.22. The molecule has 5 heteroatoms. The largest absolute Gasteiger partial charge is 0.370 e. The van der Waals surface area contributed by atoms with Gasteiger partial charge in [-0.15, -0.1) is 0 Å². The van der Waals surface area contributed by atoms with Crippen molar-refractivity contribution in [1.82, 2.24) is 0 Å². The van der Waals surface area contributed by atoms with E-state index in [1.165, 1.54) is 0 Å². The van der Waals surface area contributed by atoms with Crippen LogP contribution in [0.5, 0.6) is 0 Å². The highest BCUT2D eigenvalue weighted by Crippen LogP contribution is 2.24. The van der Waals surface area contributed by atoms with E-state index < -0.39 is 0 Å². The van der Waals surface area contributed by atoms with Crippen LogP contribution in [0.4, 0.5) is 0 Å². The van der Waals surface area contributed by atoms with Crippen LogP contribution in [-0.2, 0) is 0 Å². The second kappa shape index (κ2) is 4.83. The molecule has 0 aromatic heterocycles. The molecule has 0 spiro atoms. The molecular weight excluding hydrogens is 178 g/mol. The van der Waals surface area contributed by atoms with Gasteiger partial charge in [0.2, 0.25) is 5.96 Å². The number of nitrogens with zero attached hydrogens (tertiary/aromatic N) is 2. The Balaban J connectivity index is 4.68. The Kier molecular flexibility index (Phi) is 4.40. The lowest BCUT2D eigenvalue weighted by molar-refractivity contribution is 0.315. The van der Waals surface area contributed by atoms with E-state index in [4.69, 9.17) is 17.2 Å². The van der Waals surface area contributed by atoms with Crippen molar-refractivity contribution in [2.75, 3.05) is 0 Å². The number of aliphatic imine (C=N–C) groups is 2. The lowest BCUT2D eigenvalue weighted by Gasteiger charge is -2.26. The minimum Gasteiger partial charge on any atom is -0.370 e. The summed E-state index contributed by atoms with van der Waals surface area (Å²) < 4.78 is 0. The minimum atomic E-state index is -0.0602. The maximum absolute atomic E-state index is 5.55. The van der Waals surface area contributed by atoms with Crippen molar-refractivity contribution in [2.45, 2.75) is 40.2 Å². The van der Waals surface area contributed by atoms with E-state index in [0.717, 1.165) is 6.42 Å². The highest BCUT2D eigenvalue weighted by Gasteiger charge is 2.22. The Bertz CT molecular complexity index is 232. The first-order chi connectivity index (χ1) is 6.27. The van der Waals surface area contributed by atoms with Crippen LogP contribution in [0.25, 0.3) is 0 Å². The summed E-state index contributed by atoms with van der Waals surface area (Å²) in [6, 6.07) is 0.130. The van der Waals surface area contributed by atoms with Crippen LogP contribution >= 0.6 is 0 Å². The molecule has 1 atom stereocenters. The highest BCUT2D eigenvalue weighted by molar-refractivity contribution is 5.92. The Hall–Kier alpha value is -1.26. The van der Waals surface area contributed by atoms with E-state index in [0.29, 0.717) is 0 Å². The van der Waals surface area contributed by atoms with Crippen molar-refractivity contribution >= 4 is 11.9 Å². The summed E-state index contributed by atoms with van der Waals surface area (Å²) in [4.78, 5) is 7.93. The summed E-state index contributed by atoms with van der Waals surface area (Å²) in [7, 11) is 0. The zero-order valence-electron chi connectivity index (χ0n) is 9.41. The minimum absolute atomic E-state index is 0.0602. The predicted octanol–water partition coefficient (Wildman–Crippen LogP) is 0.399. The number of hydrogen-bond acceptors (Lipinski definition) is 1. The van der Waals surface area contributed by atoms with E-state index in [-0.39, 0.29) is 23.4 Å². The van der Waals surface area contributed by atoms with Crippen LogP contribution in [0, 0.1) is 5.41 Å². The fourth-order valence-electron chi connectivity index (χ4n) is 1.22. The monoisotopic (exact) mass is 199 g/mol. The first kappa shape index (κ1) is 12.7. The van der Waals surface area contributed by atoms with Crippen LogP contribution in [0.2, 0.25) is 0 Å². The van der Waals surface area contributed by atoms with Gasteiger partial charge >= 0.3 is 0 Å². The lowest BCUT2D eigenvalue weighted by Crippen LogP contribution is -2.30. The molecule has 5 nitrogen and oxygen atoms in total. The first-order valence-corrected chi connectivity index (χ1v) is 4.70. The fraction of sp³-hybridized carbons (Fsp3) is 0.778. The standard InChI is InChI=1S/C9H21N5/c1-5-6(9(2,3)4)13-8(12)14-7(10)11/h6H,5H2,1-4H3,(H6,10,11,12,13,14). The van der Waals surface area contributed by atoms with Crippen LogP contribution in [-0.4, -0.2) is 18.0 Å². The average Bonchev–Trinajstić information content (AvgIpc) is 1.96. The van der Waals surface area contributed by atoms with Gasteiger partial charge in [-0.1, -0.05) is 27.7 Å². The van der Waals surface area contributed by atoms with Gasteiger partial charge in [-0.3, -0.25) is 0 Å². The van der Waals surface area contributed by atoms with Gasteiger partial charge in [0.25, 0.3) is 0 Å². The third kappa shape index (κ3) is 4.69. The zero-order valence-corrected chi connectivity index (χ0v) is 9.41. The van der Waals surface area contributed by atoms with Gasteiger partial charge in [-0.25, -0.2) is 4.99 Å². The van der Waals surface area contributed by atoms with Crippen molar-refractivity contribution < 1.29 is 0 Å². The molecule has 1 unspecified atom stereocenters. The molecule has 0 aliphatic carbocycles. The van der Waals surface area contributed by atoms with E-state index in [1.54, 1.807) is 0 Å². The highest BCUT2D eigenvalue weighted by atomic mass is 15.1. The zero-order chi connectivity index (χ0) is 11.4. The maximum atomic E-state index is 5.55. The molecule has 0 bridgehead atoms. The van der Waals surface area contributed by atoms with E-state index >= 15 is 0 Å². The maximum Gasteiger partial charge on any atom is 0.218 e. The van der Waals surface area contributed by atoms with Crippen molar-refractivity contribution in [3.63, 3.8) is 0 Å². The van der Waals surface area contributed by atoms with E-state index in [9.17, 15) is 0 Å². The molecule has 0 saturated carbocycles. The predicted molar refractivity (Wildman–Crippen MR) is 61.0 cm³/mol. The van der Waals surface area contributed by atoms with Gasteiger partial charge in [-0.05, 0) is 11.8 Å². The topological polar surface area (TPSA) is 103 Å². The molecule has 14 heavy (non-hydrogen) atoms. The lowest BCUT2D eigenvalue weighted by atomic mass is 9.86. The smallest absolute Gasteiger partial charge is 0.218 e. The molecule has 0 radical (unpaired) electrons. The molecule has 82 valence electrons. The Labute approximate surface area is 85.5 Å². The van der Waals surface area contributed by atoms with Crippen LogP contribution in [0.1, 0.15) is 34.1 Å². The quantitative estimate of drug-likeness (QED) is 0.443. The van der Waals surface area contributed by atoms with Crippen molar-refractivity contribution in [3.8, 4) is 0 Å². The third-order valence-electron chi connectivity index (χ3n) is 1.92. The van der Waals surface area contributed by atoms with Gasteiger partial charge in [0.15, 0.2) is 5.96 Å². The van der Waals surface area contributed by atoms with Gasteiger partial charge in [-0.2, -0.15) is 4.99 Å². The summed E-state index contributed by atoms with van der Waals surface area (Å²) in [5.41, 5.74) is 16.0. The normalized spacial score (nSPS) is 15.0. The first-order valence-electron chi connectivity index (χ1n) is 4.70. The molecule has 0 aromatic carbocycles. The second-order valence-electron chi connectivity index (χ2n) is 4.31. The molecule has 0 aliphatic heterocycles. The average molecular weight is 199 g/mol. The molecule has 0 aromatic rings. The van der Waals surface area contributed by atoms with Gasteiger partial charge in [0.1, 0.15) is 0 Å². The van der Waals surface area contributed by atoms with Crippen molar-refractivity contribution in [1.29, 1.82) is 0 Å². The van der Waals surface area contributed by atoms with Gasteiger partial charge in [0.05, 0.1) is 6.04 Å². The molecule has 0 amide bonds. The molecular formula is C9H21N5. The molecule has 0 heterocycles. The number of hydrogen-bond donors (Lipinski definition) is 3. The third-order valence-corrected chi connectivity index (χ3v) is 1.92. The van der Waals surface area contributed by atoms with Crippen molar-refractivity contribution in [2.24, 2.45) is 32.6 Å². The number of nitrogens with two attached hydrogens (primary N) is 3. The Morgan fingerprint density at radius 1 is 1.21 bits per heavy atom. The SMILES string of the molecule is CCC(N=C(N)N=C(N)N)C(C)(C)C. The van der Waals surface area contributed by atoms with Crippen molar-refractivity contribution in [3.05, 3.63) is 0 Å². The molecule has 0 aliphatic rings. The second-order valence-corrected chi connectivity index (χ2v) is 4.31. The summed E-state index contributed by atoms with van der Waals surface area (Å²) in [5.74, 6) is 0.0850. The van der Waals surface area contributed by atoms with Crippen LogP contribution in [0.15, 0.2) is 9.98 Å². The Morgan fingerprint density at radius 3 is 2.00 bits per heavy atom. The van der Waals surface area contributed by atoms with Gasteiger partial charge in [0, 0.05) is 0 Å². The molecule has 0 rings (SSSR count). The molecule has 0 fully saturated rings. The summed E-state index contributed by atoms with van der Waals surface area (Å²) in [5, 5.41) is 0. The molecule has 0 saturated heterocycles. The van der Waals surface area contributed by atoms with E-state index in [1.807, 2.05) is 0 Å². The van der Waals surface area contributed by atoms with E-state index in [2.05, 4.69) is 37.7 Å². The number of rotatable bonds is 2. The summed E-state index contributed by atoms with van der Waals surface area (Å²) in [6.07, 6.45) is 0.907. The number of guanidine groups is 2. The Morgan fingerprint density at radius 2 is 1.71 bits per heavy atom. The summed E-state index contributed by atoms with van der Waals surface area (Å²) >= 11 is 0. The molecule has 6 N–H and O–H groups in total. The van der Waals surface area contributed by atoms with Crippen LogP contribution < -0.4 is 17.2 Å². The van der Waals surface area contributed by atoms with Crippen LogP contribution in [0.3, 0.4) is 0 Å². The van der Waals surface area contributed by atoms with Gasteiger partial charge < -0.3 is 17.2 Å². The summed E-state index contributed by atoms with van der Waals surface area (Å²) in [6.45, 7) is 8.37.